The number of nitrogen functional groups attached to an aromatic ring is 1. The SMILES string of the molecule is Cc1c(N)nc(C(C)C)nc1-n1cnc2ccccc21. The lowest BCUT2D eigenvalue weighted by Gasteiger charge is -2.12. The topological polar surface area (TPSA) is 69.6 Å². The normalized spacial score (nSPS) is 11.4. The fourth-order valence-electron chi connectivity index (χ4n) is 2.16. The van der Waals surface area contributed by atoms with Gasteiger partial charge in [-0.2, -0.15) is 0 Å². The van der Waals surface area contributed by atoms with Gasteiger partial charge in [-0.25, -0.2) is 15.0 Å². The van der Waals surface area contributed by atoms with E-state index in [4.69, 9.17) is 5.73 Å². The summed E-state index contributed by atoms with van der Waals surface area (Å²) in [4.78, 5) is 13.4. The first kappa shape index (κ1) is 12.6. The van der Waals surface area contributed by atoms with Gasteiger partial charge in [-0.05, 0) is 19.1 Å². The molecule has 0 atom stereocenters. The summed E-state index contributed by atoms with van der Waals surface area (Å²) in [5.41, 5.74) is 8.85. The van der Waals surface area contributed by atoms with Crippen LogP contribution in [0.15, 0.2) is 30.6 Å². The lowest BCUT2D eigenvalue weighted by Crippen LogP contribution is -2.09. The summed E-state index contributed by atoms with van der Waals surface area (Å²) in [6.07, 6.45) is 1.78. The molecule has 3 rings (SSSR count). The van der Waals surface area contributed by atoms with Gasteiger partial charge in [0.1, 0.15) is 23.8 Å². The number of fused-ring (bicyclic) bond motifs is 1. The highest BCUT2D eigenvalue weighted by atomic mass is 15.1. The van der Waals surface area contributed by atoms with Gasteiger partial charge in [0.15, 0.2) is 0 Å². The molecule has 20 heavy (non-hydrogen) atoms. The molecule has 5 nitrogen and oxygen atoms in total. The van der Waals surface area contributed by atoms with Gasteiger partial charge in [0.2, 0.25) is 0 Å². The van der Waals surface area contributed by atoms with Gasteiger partial charge in [0.25, 0.3) is 0 Å². The van der Waals surface area contributed by atoms with Crippen molar-refractivity contribution < 1.29 is 0 Å². The van der Waals surface area contributed by atoms with Crippen LogP contribution in [-0.4, -0.2) is 19.5 Å². The van der Waals surface area contributed by atoms with Gasteiger partial charge >= 0.3 is 0 Å². The monoisotopic (exact) mass is 267 g/mol. The zero-order chi connectivity index (χ0) is 14.3. The fourth-order valence-corrected chi connectivity index (χ4v) is 2.16. The van der Waals surface area contributed by atoms with Crippen LogP contribution < -0.4 is 5.73 Å². The van der Waals surface area contributed by atoms with E-state index in [1.807, 2.05) is 35.8 Å². The Balaban J connectivity index is 2.28. The van der Waals surface area contributed by atoms with Crippen molar-refractivity contribution in [3.05, 3.63) is 42.0 Å². The highest BCUT2D eigenvalue weighted by Crippen LogP contribution is 2.23. The molecule has 0 saturated carbocycles. The molecule has 0 bridgehead atoms. The first-order valence-electron chi connectivity index (χ1n) is 6.64. The molecular formula is C15H17N5. The molecule has 3 aromatic rings. The van der Waals surface area contributed by atoms with Gasteiger partial charge in [-0.1, -0.05) is 26.0 Å². The number of benzene rings is 1. The number of nitrogens with zero attached hydrogens (tertiary/aromatic N) is 4. The van der Waals surface area contributed by atoms with Gasteiger partial charge in [-0.15, -0.1) is 0 Å². The Hall–Kier alpha value is -2.43. The predicted molar refractivity (Wildman–Crippen MR) is 79.9 cm³/mol. The Labute approximate surface area is 117 Å². The molecule has 2 aromatic heterocycles. The van der Waals surface area contributed by atoms with E-state index < -0.39 is 0 Å². The van der Waals surface area contributed by atoms with Crippen LogP contribution in [0.1, 0.15) is 31.2 Å². The third-order valence-corrected chi connectivity index (χ3v) is 3.37. The van der Waals surface area contributed by atoms with Crippen molar-refractivity contribution in [2.75, 3.05) is 5.73 Å². The molecule has 0 amide bonds. The molecule has 2 N–H and O–H groups in total. The van der Waals surface area contributed by atoms with Crippen molar-refractivity contribution in [3.63, 3.8) is 0 Å². The van der Waals surface area contributed by atoms with Crippen molar-refractivity contribution in [3.8, 4) is 5.82 Å². The lowest BCUT2D eigenvalue weighted by molar-refractivity contribution is 0.763. The molecule has 102 valence electrons. The average molecular weight is 267 g/mol. The molecule has 0 spiro atoms. The first-order chi connectivity index (χ1) is 9.58. The second-order valence-electron chi connectivity index (χ2n) is 5.17. The highest BCUT2D eigenvalue weighted by molar-refractivity contribution is 5.77. The zero-order valence-electron chi connectivity index (χ0n) is 11.8. The van der Waals surface area contributed by atoms with E-state index in [2.05, 4.69) is 28.8 Å². The molecule has 0 fully saturated rings. The van der Waals surface area contributed by atoms with E-state index in [1.54, 1.807) is 6.33 Å². The molecule has 0 aliphatic rings. The molecule has 0 aliphatic carbocycles. The summed E-state index contributed by atoms with van der Waals surface area (Å²) in [7, 11) is 0. The maximum Gasteiger partial charge on any atom is 0.147 e. The van der Waals surface area contributed by atoms with Crippen LogP contribution in [0.25, 0.3) is 16.9 Å². The Bertz CT molecular complexity index is 773. The summed E-state index contributed by atoms with van der Waals surface area (Å²) >= 11 is 0. The quantitative estimate of drug-likeness (QED) is 0.775. The number of imidazole rings is 1. The van der Waals surface area contributed by atoms with Gasteiger partial charge < -0.3 is 5.73 Å². The van der Waals surface area contributed by atoms with E-state index in [-0.39, 0.29) is 5.92 Å². The summed E-state index contributed by atoms with van der Waals surface area (Å²) in [5.74, 6) is 2.30. The van der Waals surface area contributed by atoms with Crippen LogP contribution in [0.4, 0.5) is 5.82 Å². The number of aromatic nitrogens is 4. The Morgan fingerprint density at radius 3 is 2.65 bits per heavy atom. The van der Waals surface area contributed by atoms with Crippen molar-refractivity contribution in [1.82, 2.24) is 19.5 Å². The van der Waals surface area contributed by atoms with E-state index in [0.29, 0.717) is 5.82 Å². The Morgan fingerprint density at radius 2 is 1.90 bits per heavy atom. The molecule has 5 heteroatoms. The molecule has 0 saturated heterocycles. The van der Waals surface area contributed by atoms with Crippen molar-refractivity contribution in [2.24, 2.45) is 0 Å². The number of hydrogen-bond donors (Lipinski definition) is 1. The van der Waals surface area contributed by atoms with Crippen LogP contribution in [0.5, 0.6) is 0 Å². The van der Waals surface area contributed by atoms with Crippen molar-refractivity contribution in [2.45, 2.75) is 26.7 Å². The highest BCUT2D eigenvalue weighted by Gasteiger charge is 2.14. The first-order valence-corrected chi connectivity index (χ1v) is 6.64. The summed E-state index contributed by atoms with van der Waals surface area (Å²) in [6.45, 7) is 6.04. The fraction of sp³-hybridized carbons (Fsp3) is 0.267. The molecule has 1 aromatic carbocycles. The maximum absolute atomic E-state index is 6.02. The third-order valence-electron chi connectivity index (χ3n) is 3.37. The zero-order valence-corrected chi connectivity index (χ0v) is 11.8. The molecule has 0 radical (unpaired) electrons. The van der Waals surface area contributed by atoms with Gasteiger partial charge in [0.05, 0.1) is 11.0 Å². The molecular weight excluding hydrogens is 250 g/mol. The number of hydrogen-bond acceptors (Lipinski definition) is 4. The van der Waals surface area contributed by atoms with E-state index >= 15 is 0 Å². The maximum atomic E-state index is 6.02. The average Bonchev–Trinajstić information content (AvgIpc) is 2.85. The molecule has 0 aliphatic heterocycles. The van der Waals surface area contributed by atoms with Crippen molar-refractivity contribution in [1.29, 1.82) is 0 Å². The number of nitrogens with two attached hydrogens (primary N) is 1. The number of rotatable bonds is 2. The minimum atomic E-state index is 0.228. The van der Waals surface area contributed by atoms with E-state index in [9.17, 15) is 0 Å². The smallest absolute Gasteiger partial charge is 0.147 e. The van der Waals surface area contributed by atoms with Crippen LogP contribution in [0, 0.1) is 6.92 Å². The van der Waals surface area contributed by atoms with Crippen LogP contribution in [-0.2, 0) is 0 Å². The van der Waals surface area contributed by atoms with Crippen LogP contribution in [0.2, 0.25) is 0 Å². The summed E-state index contributed by atoms with van der Waals surface area (Å²) in [6, 6.07) is 7.97. The van der Waals surface area contributed by atoms with Crippen LogP contribution >= 0.6 is 0 Å². The van der Waals surface area contributed by atoms with Gasteiger partial charge in [-0.3, -0.25) is 4.57 Å². The third kappa shape index (κ3) is 1.91. The lowest BCUT2D eigenvalue weighted by atomic mass is 10.2. The molecule has 0 unspecified atom stereocenters. The largest absolute Gasteiger partial charge is 0.383 e. The predicted octanol–water partition coefficient (Wildman–Crippen LogP) is 2.83. The van der Waals surface area contributed by atoms with E-state index in [1.165, 1.54) is 0 Å². The van der Waals surface area contributed by atoms with Gasteiger partial charge in [0, 0.05) is 11.5 Å². The number of para-hydroxylation sites is 2. The standard InChI is InChI=1S/C15H17N5/c1-9(2)14-18-13(16)10(3)15(19-14)20-8-17-11-6-4-5-7-12(11)20/h4-9H,1-3H3,(H2,16,18,19). The van der Waals surface area contributed by atoms with Crippen molar-refractivity contribution >= 4 is 16.9 Å². The minimum Gasteiger partial charge on any atom is -0.383 e. The molecule has 2 heterocycles. The summed E-state index contributed by atoms with van der Waals surface area (Å²) < 4.78 is 1.97. The van der Waals surface area contributed by atoms with E-state index in [0.717, 1.165) is 28.2 Å². The minimum absolute atomic E-state index is 0.228. The Morgan fingerprint density at radius 1 is 1.15 bits per heavy atom. The number of anilines is 1. The second kappa shape index (κ2) is 4.59. The van der Waals surface area contributed by atoms with Crippen LogP contribution in [0.3, 0.4) is 0 Å². The summed E-state index contributed by atoms with van der Waals surface area (Å²) in [5, 5.41) is 0. The Kier molecular flexibility index (Phi) is 2.89. The second-order valence-corrected chi connectivity index (χ2v) is 5.17.